The summed E-state index contributed by atoms with van der Waals surface area (Å²) in [6, 6.07) is 19.4. The molecule has 0 aliphatic heterocycles. The lowest BCUT2D eigenvalue weighted by Crippen LogP contribution is -2.40. The third-order valence-electron chi connectivity index (χ3n) is 4.45. The van der Waals surface area contributed by atoms with Gasteiger partial charge in [-0.05, 0) is 42.0 Å². The quantitative estimate of drug-likeness (QED) is 0.516. The second-order valence-corrected chi connectivity index (χ2v) is 9.24. The summed E-state index contributed by atoms with van der Waals surface area (Å²) < 4.78 is 32.9. The summed E-state index contributed by atoms with van der Waals surface area (Å²) >= 11 is 12.0. The van der Waals surface area contributed by atoms with Crippen LogP contribution >= 0.6 is 23.2 Å². The molecule has 0 spiro atoms. The van der Waals surface area contributed by atoms with Crippen molar-refractivity contribution in [3.8, 4) is 5.75 Å². The van der Waals surface area contributed by atoms with Gasteiger partial charge in [-0.2, -0.15) is 0 Å². The molecule has 9 heteroatoms. The minimum atomic E-state index is -4.00. The zero-order chi connectivity index (χ0) is 22.4. The topological polar surface area (TPSA) is 75.7 Å². The predicted molar refractivity (Wildman–Crippen MR) is 122 cm³/mol. The van der Waals surface area contributed by atoms with Gasteiger partial charge in [0.15, 0.2) is 0 Å². The zero-order valence-corrected chi connectivity index (χ0v) is 18.9. The Morgan fingerprint density at radius 2 is 1.74 bits per heavy atom. The van der Waals surface area contributed by atoms with E-state index >= 15 is 0 Å². The Kier molecular flexibility index (Phi) is 7.43. The number of hydrogen-bond acceptors (Lipinski definition) is 4. The Morgan fingerprint density at radius 3 is 2.42 bits per heavy atom. The highest BCUT2D eigenvalue weighted by Gasteiger charge is 2.27. The minimum Gasteiger partial charge on any atom is -0.497 e. The zero-order valence-electron chi connectivity index (χ0n) is 16.6. The molecule has 3 aromatic carbocycles. The van der Waals surface area contributed by atoms with Crippen LogP contribution in [-0.2, 0) is 21.4 Å². The average Bonchev–Trinajstić information content (AvgIpc) is 2.77. The number of anilines is 1. The Labute approximate surface area is 191 Å². The lowest BCUT2D eigenvalue weighted by molar-refractivity contribution is -0.119. The molecule has 0 heterocycles. The van der Waals surface area contributed by atoms with Gasteiger partial charge in [-0.1, -0.05) is 53.5 Å². The van der Waals surface area contributed by atoms with Crippen LogP contribution in [0.3, 0.4) is 0 Å². The van der Waals surface area contributed by atoms with Gasteiger partial charge in [0.25, 0.3) is 10.0 Å². The standard InChI is InChI=1S/C22H20Cl2N2O4S/c1-30-19-7-5-6-18(13-19)26(31(28,29)20-8-3-2-4-9-20)15-22(27)25-14-16-10-11-17(23)12-21(16)24/h2-13H,14-15H2,1H3,(H,25,27). The smallest absolute Gasteiger partial charge is 0.264 e. The molecule has 0 saturated heterocycles. The monoisotopic (exact) mass is 478 g/mol. The number of benzene rings is 3. The number of halogens is 2. The van der Waals surface area contributed by atoms with Crippen molar-refractivity contribution in [2.75, 3.05) is 18.0 Å². The van der Waals surface area contributed by atoms with E-state index in [-0.39, 0.29) is 11.4 Å². The molecule has 1 N–H and O–H groups in total. The number of rotatable bonds is 8. The molecule has 0 saturated carbocycles. The Morgan fingerprint density at radius 1 is 1.00 bits per heavy atom. The van der Waals surface area contributed by atoms with Crippen molar-refractivity contribution in [3.05, 3.63) is 88.4 Å². The highest BCUT2D eigenvalue weighted by molar-refractivity contribution is 7.92. The number of amides is 1. The molecule has 3 rings (SSSR count). The number of methoxy groups -OCH3 is 1. The number of carbonyl (C=O) groups is 1. The van der Waals surface area contributed by atoms with Gasteiger partial charge in [-0.25, -0.2) is 8.42 Å². The van der Waals surface area contributed by atoms with Crippen molar-refractivity contribution >= 4 is 44.8 Å². The lowest BCUT2D eigenvalue weighted by atomic mass is 10.2. The van der Waals surface area contributed by atoms with Crippen LogP contribution in [0.1, 0.15) is 5.56 Å². The predicted octanol–water partition coefficient (Wildman–Crippen LogP) is 4.51. The van der Waals surface area contributed by atoms with Gasteiger partial charge in [0.2, 0.25) is 5.91 Å². The van der Waals surface area contributed by atoms with Crippen molar-refractivity contribution in [2.24, 2.45) is 0 Å². The van der Waals surface area contributed by atoms with Gasteiger partial charge in [-0.3, -0.25) is 9.10 Å². The van der Waals surface area contributed by atoms with Gasteiger partial charge in [0.05, 0.1) is 17.7 Å². The molecular weight excluding hydrogens is 459 g/mol. The number of carbonyl (C=O) groups excluding carboxylic acids is 1. The van der Waals surface area contributed by atoms with Gasteiger partial charge in [0.1, 0.15) is 12.3 Å². The van der Waals surface area contributed by atoms with Crippen LogP contribution in [-0.4, -0.2) is 28.0 Å². The first-order chi connectivity index (χ1) is 14.8. The van der Waals surface area contributed by atoms with Crippen LogP contribution < -0.4 is 14.4 Å². The normalized spacial score (nSPS) is 11.1. The third kappa shape index (κ3) is 5.70. The summed E-state index contributed by atoms with van der Waals surface area (Å²) in [7, 11) is -2.51. The van der Waals surface area contributed by atoms with E-state index in [0.29, 0.717) is 27.0 Å². The van der Waals surface area contributed by atoms with E-state index in [4.69, 9.17) is 27.9 Å². The summed E-state index contributed by atoms with van der Waals surface area (Å²) in [5.41, 5.74) is 0.973. The van der Waals surface area contributed by atoms with Crippen molar-refractivity contribution in [2.45, 2.75) is 11.4 Å². The van der Waals surface area contributed by atoms with E-state index in [1.807, 2.05) is 0 Å². The fraction of sp³-hybridized carbons (Fsp3) is 0.136. The molecule has 0 radical (unpaired) electrons. The van der Waals surface area contributed by atoms with E-state index in [1.54, 1.807) is 60.7 Å². The molecule has 0 aromatic heterocycles. The largest absolute Gasteiger partial charge is 0.497 e. The molecule has 0 fully saturated rings. The number of nitrogens with zero attached hydrogens (tertiary/aromatic N) is 1. The summed E-state index contributed by atoms with van der Waals surface area (Å²) in [6.45, 7) is -0.290. The van der Waals surface area contributed by atoms with Gasteiger partial charge in [0, 0.05) is 22.7 Å². The van der Waals surface area contributed by atoms with Crippen molar-refractivity contribution in [3.63, 3.8) is 0 Å². The summed E-state index contributed by atoms with van der Waals surface area (Å²) in [6.07, 6.45) is 0. The fourth-order valence-electron chi connectivity index (χ4n) is 2.85. The number of hydrogen-bond donors (Lipinski definition) is 1. The molecule has 0 unspecified atom stereocenters. The Hall–Kier alpha value is -2.74. The summed E-state index contributed by atoms with van der Waals surface area (Å²) in [4.78, 5) is 12.8. The van der Waals surface area contributed by atoms with Crippen LogP contribution in [0.25, 0.3) is 0 Å². The summed E-state index contributed by atoms with van der Waals surface area (Å²) in [5, 5.41) is 3.60. The second kappa shape index (κ2) is 10.0. The first-order valence-electron chi connectivity index (χ1n) is 9.24. The maximum absolute atomic E-state index is 13.3. The molecular formula is C22H20Cl2N2O4S. The van der Waals surface area contributed by atoms with Crippen LogP contribution in [0, 0.1) is 0 Å². The molecule has 3 aromatic rings. The Bertz CT molecular complexity index is 1170. The first kappa shape index (κ1) is 22.9. The SMILES string of the molecule is COc1cccc(N(CC(=O)NCc2ccc(Cl)cc2Cl)S(=O)(=O)c2ccccc2)c1. The molecule has 31 heavy (non-hydrogen) atoms. The highest BCUT2D eigenvalue weighted by Crippen LogP contribution is 2.27. The highest BCUT2D eigenvalue weighted by atomic mass is 35.5. The molecule has 0 bridgehead atoms. The molecule has 0 aliphatic carbocycles. The molecule has 0 atom stereocenters. The fourth-order valence-corrected chi connectivity index (χ4v) is 4.75. The van der Waals surface area contributed by atoms with E-state index in [9.17, 15) is 13.2 Å². The van der Waals surface area contributed by atoms with Gasteiger partial charge in [-0.15, -0.1) is 0 Å². The maximum atomic E-state index is 13.3. The van der Waals surface area contributed by atoms with Crippen molar-refractivity contribution < 1.29 is 17.9 Å². The summed E-state index contributed by atoms with van der Waals surface area (Å²) in [5.74, 6) is -0.0209. The van der Waals surface area contributed by atoms with Crippen LogP contribution in [0.4, 0.5) is 5.69 Å². The minimum absolute atomic E-state index is 0.0753. The molecule has 6 nitrogen and oxygen atoms in total. The second-order valence-electron chi connectivity index (χ2n) is 6.54. The van der Waals surface area contributed by atoms with Crippen LogP contribution in [0.2, 0.25) is 10.0 Å². The molecule has 0 aliphatic rings. The molecule has 1 amide bonds. The van der Waals surface area contributed by atoms with Crippen molar-refractivity contribution in [1.82, 2.24) is 5.32 Å². The number of ether oxygens (including phenoxy) is 1. The van der Waals surface area contributed by atoms with Crippen molar-refractivity contribution in [1.29, 1.82) is 0 Å². The van der Waals surface area contributed by atoms with E-state index in [0.717, 1.165) is 4.31 Å². The molecule has 162 valence electrons. The van der Waals surface area contributed by atoms with E-state index in [1.165, 1.54) is 19.2 Å². The number of nitrogens with one attached hydrogen (secondary N) is 1. The van der Waals surface area contributed by atoms with Gasteiger partial charge < -0.3 is 10.1 Å². The Balaban J connectivity index is 1.86. The first-order valence-corrected chi connectivity index (χ1v) is 11.4. The average molecular weight is 479 g/mol. The van der Waals surface area contributed by atoms with E-state index < -0.39 is 22.5 Å². The van der Waals surface area contributed by atoms with Gasteiger partial charge >= 0.3 is 0 Å². The van der Waals surface area contributed by atoms with Crippen LogP contribution in [0.5, 0.6) is 5.75 Å². The lowest BCUT2D eigenvalue weighted by Gasteiger charge is -2.24. The van der Waals surface area contributed by atoms with E-state index in [2.05, 4.69) is 5.32 Å². The maximum Gasteiger partial charge on any atom is 0.264 e. The third-order valence-corrected chi connectivity index (χ3v) is 6.83. The number of sulfonamides is 1. The van der Waals surface area contributed by atoms with Crippen LogP contribution in [0.15, 0.2) is 77.7 Å².